The van der Waals surface area contributed by atoms with Gasteiger partial charge in [-0.15, -0.1) is 0 Å². The van der Waals surface area contributed by atoms with E-state index in [-0.39, 0.29) is 0 Å². The summed E-state index contributed by atoms with van der Waals surface area (Å²) in [5, 5.41) is 3.49. The van der Waals surface area contributed by atoms with Gasteiger partial charge < -0.3 is 5.32 Å². The van der Waals surface area contributed by atoms with Crippen molar-refractivity contribution in [1.82, 2.24) is 15.1 Å². The molecule has 0 saturated carbocycles. The first kappa shape index (κ1) is 16.5. The van der Waals surface area contributed by atoms with Crippen molar-refractivity contribution in [1.29, 1.82) is 0 Å². The molecule has 1 aliphatic heterocycles. The predicted octanol–water partition coefficient (Wildman–Crippen LogP) is 2.71. The third-order valence-electron chi connectivity index (χ3n) is 4.55. The first-order valence-electron chi connectivity index (χ1n) is 8.21. The van der Waals surface area contributed by atoms with Crippen LogP contribution in [-0.2, 0) is 13.1 Å². The molecule has 0 amide bonds. The fourth-order valence-electron chi connectivity index (χ4n) is 3.06. The average Bonchev–Trinajstić information content (AvgIpc) is 2.43. The highest BCUT2D eigenvalue weighted by atomic mass is 15.3. The number of hydrogen-bond donors (Lipinski definition) is 1. The van der Waals surface area contributed by atoms with Gasteiger partial charge in [0.15, 0.2) is 0 Å². The molecule has 2 rings (SSSR count). The average molecular weight is 289 g/mol. The van der Waals surface area contributed by atoms with Crippen molar-refractivity contribution in [2.75, 3.05) is 20.1 Å². The van der Waals surface area contributed by atoms with Crippen molar-refractivity contribution in [2.45, 2.75) is 58.9 Å². The molecule has 3 nitrogen and oxygen atoms in total. The molecule has 2 unspecified atom stereocenters. The van der Waals surface area contributed by atoms with Crippen molar-refractivity contribution in [2.24, 2.45) is 0 Å². The lowest BCUT2D eigenvalue weighted by Gasteiger charge is -2.42. The summed E-state index contributed by atoms with van der Waals surface area (Å²) in [4.78, 5) is 5.07. The molecule has 1 aromatic carbocycles. The third-order valence-corrected chi connectivity index (χ3v) is 4.55. The highest BCUT2D eigenvalue weighted by Gasteiger charge is 2.26. The van der Waals surface area contributed by atoms with Gasteiger partial charge in [-0.05, 0) is 32.0 Å². The molecule has 0 spiro atoms. The van der Waals surface area contributed by atoms with Crippen LogP contribution in [-0.4, -0.2) is 48.1 Å². The number of benzene rings is 1. The summed E-state index contributed by atoms with van der Waals surface area (Å²) in [6, 6.07) is 10.8. The Hall–Kier alpha value is -0.900. The maximum absolute atomic E-state index is 3.49. The summed E-state index contributed by atoms with van der Waals surface area (Å²) in [5.41, 5.74) is 2.82. The number of nitrogens with one attached hydrogen (secondary N) is 1. The predicted molar refractivity (Wildman–Crippen MR) is 90.4 cm³/mol. The van der Waals surface area contributed by atoms with Crippen LogP contribution in [0.2, 0.25) is 0 Å². The minimum Gasteiger partial charge on any atom is -0.310 e. The van der Waals surface area contributed by atoms with Gasteiger partial charge in [-0.1, -0.05) is 38.1 Å². The molecule has 21 heavy (non-hydrogen) atoms. The van der Waals surface area contributed by atoms with Crippen molar-refractivity contribution >= 4 is 0 Å². The van der Waals surface area contributed by atoms with E-state index in [1.165, 1.54) is 11.1 Å². The largest absolute Gasteiger partial charge is 0.310 e. The molecular weight excluding hydrogens is 258 g/mol. The maximum atomic E-state index is 3.49. The highest BCUT2D eigenvalue weighted by molar-refractivity contribution is 5.23. The lowest BCUT2D eigenvalue weighted by Crippen LogP contribution is -2.54. The Morgan fingerprint density at radius 1 is 1.14 bits per heavy atom. The monoisotopic (exact) mass is 289 g/mol. The summed E-state index contributed by atoms with van der Waals surface area (Å²) >= 11 is 0. The number of piperazine rings is 1. The molecule has 1 fully saturated rings. The van der Waals surface area contributed by atoms with E-state index < -0.39 is 0 Å². The minimum absolute atomic E-state index is 0.535. The molecule has 3 heteroatoms. The van der Waals surface area contributed by atoms with E-state index in [1.54, 1.807) is 0 Å². The molecule has 1 aromatic rings. The van der Waals surface area contributed by atoms with E-state index >= 15 is 0 Å². The summed E-state index contributed by atoms with van der Waals surface area (Å²) in [6.07, 6.45) is 0. The van der Waals surface area contributed by atoms with Gasteiger partial charge in [-0.2, -0.15) is 0 Å². The van der Waals surface area contributed by atoms with Crippen molar-refractivity contribution in [3.63, 3.8) is 0 Å². The van der Waals surface area contributed by atoms with E-state index in [0.717, 1.165) is 26.2 Å². The fourth-order valence-corrected chi connectivity index (χ4v) is 3.06. The molecule has 0 aromatic heterocycles. The van der Waals surface area contributed by atoms with Gasteiger partial charge in [-0.25, -0.2) is 0 Å². The molecule has 2 atom stereocenters. The third kappa shape index (κ3) is 4.80. The van der Waals surface area contributed by atoms with E-state index in [9.17, 15) is 0 Å². The first-order chi connectivity index (χ1) is 9.95. The molecule has 1 heterocycles. The van der Waals surface area contributed by atoms with Crippen LogP contribution in [0, 0.1) is 0 Å². The smallest absolute Gasteiger partial charge is 0.0235 e. The van der Waals surface area contributed by atoms with Crippen LogP contribution in [0.15, 0.2) is 24.3 Å². The molecular formula is C18H31N3. The van der Waals surface area contributed by atoms with Gasteiger partial charge in [0.2, 0.25) is 0 Å². The van der Waals surface area contributed by atoms with Gasteiger partial charge in [0.05, 0.1) is 0 Å². The van der Waals surface area contributed by atoms with Gasteiger partial charge in [0.25, 0.3) is 0 Å². The maximum Gasteiger partial charge on any atom is 0.0235 e. The summed E-state index contributed by atoms with van der Waals surface area (Å²) in [5.74, 6) is 0. The Kier molecular flexibility index (Phi) is 5.80. The Bertz CT molecular complexity index is 432. The Labute approximate surface area is 130 Å². The zero-order chi connectivity index (χ0) is 15.4. The Morgan fingerprint density at radius 3 is 2.38 bits per heavy atom. The standard InChI is InChI=1S/C18H31N3/c1-14(2)19-10-17-7-6-8-18(9-17)13-21-11-15(3)20(5)16(4)12-21/h6-9,14-16,19H,10-13H2,1-5H3. The van der Waals surface area contributed by atoms with Crippen molar-refractivity contribution in [3.05, 3.63) is 35.4 Å². The second kappa shape index (κ2) is 7.39. The van der Waals surface area contributed by atoms with Crippen LogP contribution in [0.1, 0.15) is 38.8 Å². The van der Waals surface area contributed by atoms with E-state index in [2.05, 4.69) is 74.1 Å². The van der Waals surface area contributed by atoms with Crippen LogP contribution in [0.3, 0.4) is 0 Å². The second-order valence-electron chi connectivity index (χ2n) is 6.91. The summed E-state index contributed by atoms with van der Waals surface area (Å²) < 4.78 is 0. The molecule has 0 aliphatic carbocycles. The summed E-state index contributed by atoms with van der Waals surface area (Å²) in [7, 11) is 2.24. The zero-order valence-electron chi connectivity index (χ0n) is 14.3. The van der Waals surface area contributed by atoms with Crippen molar-refractivity contribution in [3.8, 4) is 0 Å². The Balaban J connectivity index is 1.95. The molecule has 1 saturated heterocycles. The van der Waals surface area contributed by atoms with Crippen LogP contribution in [0.4, 0.5) is 0 Å². The van der Waals surface area contributed by atoms with Gasteiger partial charge in [-0.3, -0.25) is 9.80 Å². The normalized spacial score (nSPS) is 24.7. The number of rotatable bonds is 5. The van der Waals surface area contributed by atoms with Crippen molar-refractivity contribution < 1.29 is 0 Å². The zero-order valence-corrected chi connectivity index (χ0v) is 14.3. The SMILES string of the molecule is CC(C)NCc1cccc(CN2CC(C)N(C)C(C)C2)c1. The van der Waals surface area contributed by atoms with Gasteiger partial charge >= 0.3 is 0 Å². The fraction of sp³-hybridized carbons (Fsp3) is 0.667. The molecule has 1 N–H and O–H groups in total. The summed E-state index contributed by atoms with van der Waals surface area (Å²) in [6.45, 7) is 13.4. The molecule has 118 valence electrons. The number of nitrogens with zero attached hydrogens (tertiary/aromatic N) is 2. The Morgan fingerprint density at radius 2 is 1.76 bits per heavy atom. The molecule has 1 aliphatic rings. The number of likely N-dealkylation sites (N-methyl/N-ethyl adjacent to an activating group) is 1. The van der Waals surface area contributed by atoms with Crippen LogP contribution in [0.5, 0.6) is 0 Å². The van der Waals surface area contributed by atoms with Gasteiger partial charge in [0, 0.05) is 44.3 Å². The molecule has 0 radical (unpaired) electrons. The van der Waals surface area contributed by atoms with E-state index in [4.69, 9.17) is 0 Å². The lowest BCUT2D eigenvalue weighted by atomic mass is 10.1. The number of hydrogen-bond acceptors (Lipinski definition) is 3. The molecule has 0 bridgehead atoms. The van der Waals surface area contributed by atoms with E-state index in [0.29, 0.717) is 18.1 Å². The first-order valence-corrected chi connectivity index (χ1v) is 8.21. The van der Waals surface area contributed by atoms with Gasteiger partial charge in [0.1, 0.15) is 0 Å². The highest BCUT2D eigenvalue weighted by Crippen LogP contribution is 2.16. The minimum atomic E-state index is 0.535. The van der Waals surface area contributed by atoms with E-state index in [1.807, 2.05) is 0 Å². The van der Waals surface area contributed by atoms with Crippen LogP contribution in [0.25, 0.3) is 0 Å². The lowest BCUT2D eigenvalue weighted by molar-refractivity contribution is 0.0556. The van der Waals surface area contributed by atoms with Crippen LogP contribution >= 0.6 is 0 Å². The van der Waals surface area contributed by atoms with Crippen LogP contribution < -0.4 is 5.32 Å². The quantitative estimate of drug-likeness (QED) is 0.899. The second-order valence-corrected chi connectivity index (χ2v) is 6.91. The topological polar surface area (TPSA) is 18.5 Å².